The van der Waals surface area contributed by atoms with E-state index in [2.05, 4.69) is 5.32 Å². The highest BCUT2D eigenvalue weighted by molar-refractivity contribution is 7.18. The number of hydrogen-bond donors (Lipinski definition) is 1. The van der Waals surface area contributed by atoms with Gasteiger partial charge in [-0.1, -0.05) is 6.07 Å². The van der Waals surface area contributed by atoms with Crippen LogP contribution >= 0.6 is 11.3 Å². The number of ether oxygens (including phenoxy) is 4. The van der Waals surface area contributed by atoms with Crippen LogP contribution in [-0.2, 0) is 14.3 Å². The first kappa shape index (κ1) is 22.0. The second-order valence-corrected chi connectivity index (χ2v) is 6.70. The van der Waals surface area contributed by atoms with Crippen molar-refractivity contribution in [2.75, 3.05) is 33.8 Å². The van der Waals surface area contributed by atoms with E-state index in [1.54, 1.807) is 31.2 Å². The molecule has 1 heterocycles. The highest BCUT2D eigenvalue weighted by Crippen LogP contribution is 2.34. The molecular formula is C20H21NO7S. The number of thiophene rings is 1. The molecule has 1 aromatic carbocycles. The molecule has 154 valence electrons. The maximum absolute atomic E-state index is 12.4. The highest BCUT2D eigenvalue weighted by atomic mass is 32.1. The number of carbonyl (C=O) groups is 3. The molecule has 0 aliphatic heterocycles. The van der Waals surface area contributed by atoms with Gasteiger partial charge in [0.1, 0.15) is 9.88 Å². The zero-order chi connectivity index (χ0) is 21.6. The van der Waals surface area contributed by atoms with Crippen LogP contribution in [0.25, 0.3) is 6.08 Å². The standard InChI is InChI=1S/C20H21NO7S/c1-11-16(19(23)27-4)18(29-17(11)20(24)28-5)21-15(22)9-7-12-6-8-13(25-2)14(10-12)26-3/h6-10H,1-5H3,(H,21,22)/b9-7+. The van der Waals surface area contributed by atoms with E-state index in [0.29, 0.717) is 22.6 Å². The van der Waals surface area contributed by atoms with Crippen molar-refractivity contribution in [3.8, 4) is 11.5 Å². The molecule has 0 spiro atoms. The summed E-state index contributed by atoms with van der Waals surface area (Å²) in [6, 6.07) is 5.19. The molecule has 0 bridgehead atoms. The molecule has 0 fully saturated rings. The van der Waals surface area contributed by atoms with Gasteiger partial charge in [0.15, 0.2) is 11.5 Å². The Morgan fingerprint density at radius 1 is 0.966 bits per heavy atom. The summed E-state index contributed by atoms with van der Waals surface area (Å²) in [6.07, 6.45) is 2.88. The van der Waals surface area contributed by atoms with E-state index in [9.17, 15) is 14.4 Å². The molecule has 0 radical (unpaired) electrons. The Labute approximate surface area is 172 Å². The first-order valence-corrected chi connectivity index (χ1v) is 9.19. The largest absolute Gasteiger partial charge is 0.493 e. The van der Waals surface area contributed by atoms with Crippen LogP contribution in [-0.4, -0.2) is 46.3 Å². The number of carbonyl (C=O) groups excluding carboxylic acids is 3. The minimum atomic E-state index is -0.659. The number of anilines is 1. The molecule has 0 aliphatic rings. The summed E-state index contributed by atoms with van der Waals surface area (Å²) in [5, 5.41) is 2.82. The van der Waals surface area contributed by atoms with E-state index < -0.39 is 17.8 Å². The summed E-state index contributed by atoms with van der Waals surface area (Å²) in [6.45, 7) is 1.59. The number of nitrogens with one attached hydrogen (secondary N) is 1. The van der Waals surface area contributed by atoms with Crippen molar-refractivity contribution in [3.05, 3.63) is 45.8 Å². The van der Waals surface area contributed by atoms with Gasteiger partial charge in [0, 0.05) is 6.08 Å². The van der Waals surface area contributed by atoms with Crippen molar-refractivity contribution in [2.24, 2.45) is 0 Å². The first-order chi connectivity index (χ1) is 13.9. The Balaban J connectivity index is 2.27. The van der Waals surface area contributed by atoms with Crippen LogP contribution < -0.4 is 14.8 Å². The smallest absolute Gasteiger partial charge is 0.348 e. The maximum atomic E-state index is 12.4. The summed E-state index contributed by atoms with van der Waals surface area (Å²) in [5.74, 6) is -0.643. The first-order valence-electron chi connectivity index (χ1n) is 8.37. The number of amides is 1. The molecule has 0 atom stereocenters. The van der Waals surface area contributed by atoms with Crippen LogP contribution in [0, 0.1) is 6.92 Å². The van der Waals surface area contributed by atoms with Gasteiger partial charge in [-0.25, -0.2) is 9.59 Å². The lowest BCUT2D eigenvalue weighted by molar-refractivity contribution is -0.111. The lowest BCUT2D eigenvalue weighted by Crippen LogP contribution is -2.11. The molecule has 0 saturated heterocycles. The molecule has 9 heteroatoms. The summed E-state index contributed by atoms with van der Waals surface area (Å²) < 4.78 is 19.9. The molecule has 1 N–H and O–H groups in total. The minimum absolute atomic E-state index is 0.116. The Hall–Kier alpha value is -3.33. The molecule has 2 aromatic rings. The molecule has 8 nitrogen and oxygen atoms in total. The molecule has 1 amide bonds. The van der Waals surface area contributed by atoms with E-state index >= 15 is 0 Å². The van der Waals surface area contributed by atoms with Gasteiger partial charge in [0.25, 0.3) is 0 Å². The second-order valence-electron chi connectivity index (χ2n) is 5.68. The summed E-state index contributed by atoms with van der Waals surface area (Å²) in [7, 11) is 5.51. The van der Waals surface area contributed by atoms with Gasteiger partial charge in [-0.2, -0.15) is 0 Å². The second kappa shape index (κ2) is 9.74. The SMILES string of the molecule is COC(=O)c1sc(NC(=O)/C=C/c2ccc(OC)c(OC)c2)c(C(=O)OC)c1C. The summed E-state index contributed by atoms with van der Waals surface area (Å²) in [5.41, 5.74) is 1.21. The molecule has 0 saturated carbocycles. The van der Waals surface area contributed by atoms with Crippen molar-refractivity contribution < 1.29 is 33.3 Å². The number of esters is 2. The van der Waals surface area contributed by atoms with Gasteiger partial charge in [0.05, 0.1) is 34.0 Å². The zero-order valence-corrected chi connectivity index (χ0v) is 17.5. The quantitative estimate of drug-likeness (QED) is 0.543. The Morgan fingerprint density at radius 3 is 2.21 bits per heavy atom. The molecular weight excluding hydrogens is 398 g/mol. The van der Waals surface area contributed by atoms with Gasteiger partial charge in [-0.3, -0.25) is 4.79 Å². The van der Waals surface area contributed by atoms with Crippen LogP contribution in [0.5, 0.6) is 11.5 Å². The number of methoxy groups -OCH3 is 4. The fourth-order valence-corrected chi connectivity index (χ4v) is 3.63. The predicted molar refractivity (Wildman–Crippen MR) is 109 cm³/mol. The van der Waals surface area contributed by atoms with Gasteiger partial charge >= 0.3 is 11.9 Å². The molecule has 0 unspecified atom stereocenters. The van der Waals surface area contributed by atoms with Gasteiger partial charge < -0.3 is 24.3 Å². The highest BCUT2D eigenvalue weighted by Gasteiger charge is 2.26. The van der Waals surface area contributed by atoms with Crippen molar-refractivity contribution in [1.29, 1.82) is 0 Å². The van der Waals surface area contributed by atoms with Crippen molar-refractivity contribution in [1.82, 2.24) is 0 Å². The molecule has 2 rings (SSSR count). The molecule has 29 heavy (non-hydrogen) atoms. The molecule has 0 aliphatic carbocycles. The van der Waals surface area contributed by atoms with Crippen LogP contribution in [0.2, 0.25) is 0 Å². The van der Waals surface area contributed by atoms with Crippen LogP contribution in [0.4, 0.5) is 5.00 Å². The van der Waals surface area contributed by atoms with E-state index in [-0.39, 0.29) is 15.4 Å². The number of hydrogen-bond acceptors (Lipinski definition) is 8. The average Bonchev–Trinajstić information content (AvgIpc) is 3.06. The third-order valence-corrected chi connectivity index (χ3v) is 5.17. The summed E-state index contributed by atoms with van der Waals surface area (Å²) in [4.78, 5) is 36.6. The Kier molecular flexibility index (Phi) is 7.38. The van der Waals surface area contributed by atoms with Crippen molar-refractivity contribution in [2.45, 2.75) is 6.92 Å². The normalized spacial score (nSPS) is 10.5. The van der Waals surface area contributed by atoms with E-state index in [1.165, 1.54) is 34.5 Å². The van der Waals surface area contributed by atoms with Crippen LogP contribution in [0.3, 0.4) is 0 Å². The lowest BCUT2D eigenvalue weighted by atomic mass is 10.1. The topological polar surface area (TPSA) is 100 Å². The Bertz CT molecular complexity index is 962. The minimum Gasteiger partial charge on any atom is -0.493 e. The van der Waals surface area contributed by atoms with Crippen LogP contribution in [0.15, 0.2) is 24.3 Å². The van der Waals surface area contributed by atoms with E-state index in [0.717, 1.165) is 11.3 Å². The number of rotatable bonds is 7. The summed E-state index contributed by atoms with van der Waals surface area (Å²) >= 11 is 0.946. The fourth-order valence-electron chi connectivity index (χ4n) is 2.52. The van der Waals surface area contributed by atoms with Crippen molar-refractivity contribution >= 4 is 40.3 Å². The zero-order valence-electron chi connectivity index (χ0n) is 16.7. The monoisotopic (exact) mass is 419 g/mol. The third-order valence-electron chi connectivity index (χ3n) is 3.98. The Morgan fingerprint density at radius 2 is 1.62 bits per heavy atom. The maximum Gasteiger partial charge on any atom is 0.348 e. The molecule has 1 aromatic heterocycles. The third kappa shape index (κ3) is 4.94. The van der Waals surface area contributed by atoms with Gasteiger partial charge in [0.2, 0.25) is 5.91 Å². The van der Waals surface area contributed by atoms with Crippen LogP contribution in [0.1, 0.15) is 31.2 Å². The average molecular weight is 419 g/mol. The van der Waals surface area contributed by atoms with Gasteiger partial charge in [-0.15, -0.1) is 11.3 Å². The van der Waals surface area contributed by atoms with E-state index in [4.69, 9.17) is 18.9 Å². The predicted octanol–water partition coefficient (Wildman–Crippen LogP) is 3.30. The number of benzene rings is 1. The van der Waals surface area contributed by atoms with Gasteiger partial charge in [-0.05, 0) is 36.3 Å². The van der Waals surface area contributed by atoms with Crippen molar-refractivity contribution in [3.63, 3.8) is 0 Å². The lowest BCUT2D eigenvalue weighted by Gasteiger charge is -2.07. The fraction of sp³-hybridized carbons (Fsp3) is 0.250. The van der Waals surface area contributed by atoms with E-state index in [1.807, 2.05) is 0 Å².